The lowest BCUT2D eigenvalue weighted by atomic mass is 9.72. The topological polar surface area (TPSA) is 135 Å². The van der Waals surface area contributed by atoms with E-state index >= 15 is 0 Å². The van der Waals surface area contributed by atoms with Crippen LogP contribution in [0.15, 0.2) is 117 Å². The molecule has 0 bridgehead atoms. The first-order valence-electron chi connectivity index (χ1n) is 18.2. The average molecular weight is 716 g/mol. The fourth-order valence-electron chi connectivity index (χ4n) is 5.99. The molecule has 7 heteroatoms. The number of aldehydes is 2. The molecule has 0 saturated heterocycles. The van der Waals surface area contributed by atoms with Crippen LogP contribution in [0.2, 0.25) is 0 Å². The van der Waals surface area contributed by atoms with Crippen LogP contribution in [0.4, 0.5) is 0 Å². The van der Waals surface area contributed by atoms with Crippen molar-refractivity contribution in [2.45, 2.75) is 127 Å². The summed E-state index contributed by atoms with van der Waals surface area (Å²) in [6.45, 7) is 21.9. The summed E-state index contributed by atoms with van der Waals surface area (Å²) >= 11 is 0. The lowest BCUT2D eigenvalue weighted by molar-refractivity contribution is -0.139. The van der Waals surface area contributed by atoms with Gasteiger partial charge in [-0.1, -0.05) is 111 Å². The van der Waals surface area contributed by atoms with Crippen LogP contribution in [-0.2, 0) is 19.2 Å². The van der Waals surface area contributed by atoms with Gasteiger partial charge in [0.15, 0.2) is 0 Å². The Hall–Kier alpha value is -4.36. The molecule has 0 spiro atoms. The first-order valence-corrected chi connectivity index (χ1v) is 18.2. The van der Waals surface area contributed by atoms with Crippen LogP contribution in [0.1, 0.15) is 121 Å². The van der Waals surface area contributed by atoms with E-state index in [1.807, 2.05) is 38.2 Å². The smallest absolute Gasteiger partial charge is 0.320 e. The lowest BCUT2D eigenvalue weighted by Gasteiger charge is -2.33. The normalized spacial score (nSPS) is 19.1. The van der Waals surface area contributed by atoms with Crippen molar-refractivity contribution >= 4 is 24.5 Å². The molecule has 0 aromatic carbocycles. The number of nitrogens with two attached hydrogens (primary N) is 1. The maximum absolute atomic E-state index is 10.3. The van der Waals surface area contributed by atoms with E-state index in [1.165, 1.54) is 72.0 Å². The molecule has 7 nitrogen and oxygen atoms in total. The zero-order valence-corrected chi connectivity index (χ0v) is 33.4. The van der Waals surface area contributed by atoms with Gasteiger partial charge >= 0.3 is 11.9 Å². The van der Waals surface area contributed by atoms with Gasteiger partial charge in [-0.05, 0) is 132 Å². The third-order valence-corrected chi connectivity index (χ3v) is 9.20. The van der Waals surface area contributed by atoms with Crippen molar-refractivity contribution in [3.63, 3.8) is 0 Å². The molecule has 0 aromatic heterocycles. The highest BCUT2D eigenvalue weighted by Crippen LogP contribution is 2.41. The number of allylic oxidation sites excluding steroid dienone is 20. The summed E-state index contributed by atoms with van der Waals surface area (Å²) in [7, 11) is 0. The summed E-state index contributed by atoms with van der Waals surface area (Å²) < 4.78 is 0. The van der Waals surface area contributed by atoms with E-state index < -0.39 is 18.0 Å². The molecule has 2 rings (SSSR count). The Bertz CT molecular complexity index is 1430. The fourth-order valence-corrected chi connectivity index (χ4v) is 5.99. The van der Waals surface area contributed by atoms with Gasteiger partial charge in [0.1, 0.15) is 18.6 Å². The SMILES string of the molecule is CC1=C(/C=C/C(C)=C/C=C/C(C)=C/C=O)C(C)(C)CCC1.CC1=C(/C=C/C(C)=C/C=C/C(C)=C/C=O)C(C)(C)CCC1.N[C@@H](CCC(=O)O)C(=O)O. The van der Waals surface area contributed by atoms with Crippen LogP contribution in [0.3, 0.4) is 0 Å². The van der Waals surface area contributed by atoms with Gasteiger partial charge in [0, 0.05) is 6.42 Å². The second-order valence-electron chi connectivity index (χ2n) is 15.0. The van der Waals surface area contributed by atoms with Crippen LogP contribution in [0, 0.1) is 10.8 Å². The molecule has 2 aliphatic rings. The number of rotatable bonds is 14. The third kappa shape index (κ3) is 20.5. The Morgan fingerprint density at radius 3 is 1.35 bits per heavy atom. The first kappa shape index (κ1) is 47.6. The van der Waals surface area contributed by atoms with Crippen molar-refractivity contribution < 1.29 is 29.4 Å². The summed E-state index contributed by atoms with van der Waals surface area (Å²) in [6, 6.07) is -1.06. The van der Waals surface area contributed by atoms with E-state index in [2.05, 4.69) is 91.8 Å². The quantitative estimate of drug-likeness (QED) is 0.0925. The molecule has 2 aliphatic carbocycles. The molecule has 0 fully saturated rings. The van der Waals surface area contributed by atoms with Crippen molar-refractivity contribution in [3.8, 4) is 0 Å². The Morgan fingerprint density at radius 1 is 0.673 bits per heavy atom. The number of hydrogen-bond donors (Lipinski definition) is 3. The van der Waals surface area contributed by atoms with Gasteiger partial charge in [0.25, 0.3) is 0 Å². The molecule has 0 aromatic rings. The van der Waals surface area contributed by atoms with E-state index in [0.717, 1.165) is 23.7 Å². The van der Waals surface area contributed by atoms with Crippen LogP contribution in [-0.4, -0.2) is 40.8 Å². The molecule has 1 atom stereocenters. The van der Waals surface area contributed by atoms with E-state index in [4.69, 9.17) is 15.9 Å². The summed E-state index contributed by atoms with van der Waals surface area (Å²) in [5.74, 6) is -2.20. The number of hydrogen-bond acceptors (Lipinski definition) is 5. The van der Waals surface area contributed by atoms with Crippen molar-refractivity contribution in [3.05, 3.63) is 117 Å². The van der Waals surface area contributed by atoms with Gasteiger partial charge in [-0.15, -0.1) is 0 Å². The fraction of sp³-hybridized carbons (Fsp3) is 0.467. The molecule has 0 amide bonds. The van der Waals surface area contributed by atoms with Gasteiger partial charge < -0.3 is 15.9 Å². The minimum absolute atomic E-state index is 0.0231. The van der Waals surface area contributed by atoms with Crippen LogP contribution in [0.25, 0.3) is 0 Å². The summed E-state index contributed by atoms with van der Waals surface area (Å²) in [5, 5.41) is 16.3. The highest BCUT2D eigenvalue weighted by Gasteiger charge is 2.27. The Labute approximate surface area is 313 Å². The number of carbonyl (C=O) groups is 4. The maximum Gasteiger partial charge on any atom is 0.320 e. The van der Waals surface area contributed by atoms with Gasteiger partial charge in [0.2, 0.25) is 0 Å². The van der Waals surface area contributed by atoms with E-state index in [1.54, 1.807) is 12.2 Å². The van der Waals surface area contributed by atoms with Crippen molar-refractivity contribution in [2.75, 3.05) is 0 Å². The Kier molecular flexibility index (Phi) is 22.7. The highest BCUT2D eigenvalue weighted by molar-refractivity contribution is 5.74. The largest absolute Gasteiger partial charge is 0.481 e. The maximum atomic E-state index is 10.3. The minimum atomic E-state index is -1.17. The monoisotopic (exact) mass is 715 g/mol. The molecule has 4 N–H and O–H groups in total. The predicted molar refractivity (Wildman–Crippen MR) is 217 cm³/mol. The molecular formula is C45H65NO6. The molecule has 0 unspecified atom stereocenters. The number of aliphatic carboxylic acids is 2. The van der Waals surface area contributed by atoms with Crippen molar-refractivity contribution in [2.24, 2.45) is 16.6 Å². The Balaban J connectivity index is 0.000000800. The Morgan fingerprint density at radius 2 is 1.04 bits per heavy atom. The summed E-state index contributed by atoms with van der Waals surface area (Å²) in [6.07, 6.45) is 33.1. The molecule has 286 valence electrons. The first-order chi connectivity index (χ1) is 24.3. The number of carbonyl (C=O) groups excluding carboxylic acids is 2. The minimum Gasteiger partial charge on any atom is -0.481 e. The van der Waals surface area contributed by atoms with Gasteiger partial charge in [-0.2, -0.15) is 0 Å². The van der Waals surface area contributed by atoms with Crippen LogP contribution < -0.4 is 5.73 Å². The molecule has 52 heavy (non-hydrogen) atoms. The molecule has 0 heterocycles. The molecule has 0 radical (unpaired) electrons. The standard InChI is InChI=1S/2C20H28O.C5H9NO4/c2*1-16(8-6-9-17(2)13-15-21)11-12-19-18(3)10-7-14-20(19,4)5;6-3(5(9)10)1-2-4(7)8/h2*6,8-9,11-13,15H,7,10,14H2,1-5H3;3H,1-2,6H2,(H,7,8)(H,9,10)/b2*9-6+,12-11+,16-8+,17-13+;/t;;3-/m..0/s1. The van der Waals surface area contributed by atoms with Crippen molar-refractivity contribution in [1.29, 1.82) is 0 Å². The second-order valence-corrected chi connectivity index (χ2v) is 15.0. The van der Waals surface area contributed by atoms with Gasteiger partial charge in [-0.25, -0.2) is 0 Å². The third-order valence-electron chi connectivity index (χ3n) is 9.20. The zero-order chi connectivity index (χ0) is 39.9. The molecular weight excluding hydrogens is 650 g/mol. The number of carboxylic acid groups (broad SMARTS) is 2. The number of carboxylic acids is 2. The van der Waals surface area contributed by atoms with Crippen molar-refractivity contribution in [1.82, 2.24) is 0 Å². The second kappa shape index (κ2) is 24.8. The van der Waals surface area contributed by atoms with E-state index in [9.17, 15) is 19.2 Å². The van der Waals surface area contributed by atoms with Gasteiger partial charge in [-0.3, -0.25) is 19.2 Å². The summed E-state index contributed by atoms with van der Waals surface area (Å²) in [5.41, 5.74) is 16.0. The molecule has 0 aliphatic heterocycles. The molecule has 0 saturated carbocycles. The van der Waals surface area contributed by atoms with E-state index in [0.29, 0.717) is 0 Å². The average Bonchev–Trinajstić information content (AvgIpc) is 3.03. The van der Waals surface area contributed by atoms with E-state index in [-0.39, 0.29) is 23.7 Å². The van der Waals surface area contributed by atoms with Gasteiger partial charge in [0.05, 0.1) is 0 Å². The highest BCUT2D eigenvalue weighted by atomic mass is 16.4. The predicted octanol–water partition coefficient (Wildman–Crippen LogP) is 10.7. The lowest BCUT2D eigenvalue weighted by Crippen LogP contribution is -2.30. The van der Waals surface area contributed by atoms with Crippen LogP contribution >= 0.6 is 0 Å². The van der Waals surface area contributed by atoms with Crippen LogP contribution in [0.5, 0.6) is 0 Å². The zero-order valence-electron chi connectivity index (χ0n) is 33.4. The summed E-state index contributed by atoms with van der Waals surface area (Å²) in [4.78, 5) is 40.6.